The molecule has 0 aliphatic rings. The van der Waals surface area contributed by atoms with Gasteiger partial charge in [-0.1, -0.05) is 12.1 Å². The third kappa shape index (κ3) is 1.63. The molecule has 0 saturated heterocycles. The molecule has 0 heterocycles. The Balaban J connectivity index is 3.12. The van der Waals surface area contributed by atoms with E-state index < -0.39 is 0 Å². The zero-order chi connectivity index (χ0) is 9.14. The van der Waals surface area contributed by atoms with E-state index >= 15 is 0 Å². The maximum absolute atomic E-state index is 8.67. The zero-order valence-electron chi connectivity index (χ0n) is 7.33. The molecule has 0 radical (unpaired) electrons. The summed E-state index contributed by atoms with van der Waals surface area (Å²) in [5.41, 5.74) is 8.48. The molecule has 0 fully saturated rings. The van der Waals surface area contributed by atoms with Gasteiger partial charge < -0.3 is 5.73 Å². The van der Waals surface area contributed by atoms with E-state index in [1.54, 1.807) is 0 Å². The van der Waals surface area contributed by atoms with Crippen LogP contribution in [0.5, 0.6) is 0 Å². The molecule has 1 rings (SSSR count). The topological polar surface area (TPSA) is 49.8 Å². The molecule has 1 aromatic carbocycles. The van der Waals surface area contributed by atoms with Gasteiger partial charge in [-0.3, -0.25) is 0 Å². The van der Waals surface area contributed by atoms with Crippen molar-refractivity contribution in [2.45, 2.75) is 19.9 Å². The van der Waals surface area contributed by atoms with E-state index in [1.807, 2.05) is 32.0 Å². The van der Waals surface area contributed by atoms with Crippen LogP contribution in [0.25, 0.3) is 0 Å². The number of rotatable bonds is 1. The minimum atomic E-state index is 0.0384. The monoisotopic (exact) mass is 160 g/mol. The lowest BCUT2D eigenvalue weighted by molar-refractivity contribution is 0.816. The van der Waals surface area contributed by atoms with Crippen LogP contribution in [0.4, 0.5) is 0 Å². The number of nitriles is 1. The summed E-state index contributed by atoms with van der Waals surface area (Å²) in [7, 11) is 0. The summed E-state index contributed by atoms with van der Waals surface area (Å²) in [5, 5.41) is 8.67. The van der Waals surface area contributed by atoms with Gasteiger partial charge in [0, 0.05) is 6.04 Å². The molecule has 0 aliphatic heterocycles. The van der Waals surface area contributed by atoms with Gasteiger partial charge in [0.1, 0.15) is 0 Å². The van der Waals surface area contributed by atoms with E-state index in [0.29, 0.717) is 0 Å². The van der Waals surface area contributed by atoms with Crippen LogP contribution in [-0.4, -0.2) is 0 Å². The fourth-order valence-electron chi connectivity index (χ4n) is 1.10. The standard InChI is InChI=1S/C10H12N2/c1-7-5-9(8(2)12)3-4-10(7)6-11/h3-5,8H,12H2,1-2H3. The second-order valence-electron chi connectivity index (χ2n) is 2.97. The molecule has 62 valence electrons. The summed E-state index contributed by atoms with van der Waals surface area (Å²) in [6, 6.07) is 7.83. The van der Waals surface area contributed by atoms with Crippen LogP contribution in [-0.2, 0) is 0 Å². The van der Waals surface area contributed by atoms with Crippen molar-refractivity contribution >= 4 is 0 Å². The Morgan fingerprint density at radius 3 is 2.58 bits per heavy atom. The van der Waals surface area contributed by atoms with Gasteiger partial charge in [-0.15, -0.1) is 0 Å². The second kappa shape index (κ2) is 3.38. The molecule has 0 spiro atoms. The summed E-state index contributed by atoms with van der Waals surface area (Å²) < 4.78 is 0. The third-order valence-corrected chi connectivity index (χ3v) is 1.90. The first kappa shape index (κ1) is 8.76. The van der Waals surface area contributed by atoms with Crippen molar-refractivity contribution in [2.75, 3.05) is 0 Å². The maximum Gasteiger partial charge on any atom is 0.0994 e. The lowest BCUT2D eigenvalue weighted by Gasteiger charge is -2.06. The van der Waals surface area contributed by atoms with Gasteiger partial charge in [-0.25, -0.2) is 0 Å². The summed E-state index contributed by atoms with van der Waals surface area (Å²) in [6.45, 7) is 3.85. The summed E-state index contributed by atoms with van der Waals surface area (Å²) in [5.74, 6) is 0. The van der Waals surface area contributed by atoms with Gasteiger partial charge in [0.2, 0.25) is 0 Å². The Kier molecular flexibility index (Phi) is 2.47. The Morgan fingerprint density at radius 2 is 2.17 bits per heavy atom. The van der Waals surface area contributed by atoms with Crippen molar-refractivity contribution in [1.82, 2.24) is 0 Å². The average molecular weight is 160 g/mol. The van der Waals surface area contributed by atoms with Crippen molar-refractivity contribution in [1.29, 1.82) is 5.26 Å². The van der Waals surface area contributed by atoms with E-state index in [9.17, 15) is 0 Å². The van der Waals surface area contributed by atoms with Gasteiger partial charge >= 0.3 is 0 Å². The maximum atomic E-state index is 8.67. The Hall–Kier alpha value is -1.33. The summed E-state index contributed by atoms with van der Waals surface area (Å²) in [4.78, 5) is 0. The number of hydrogen-bond donors (Lipinski definition) is 1. The second-order valence-corrected chi connectivity index (χ2v) is 2.97. The third-order valence-electron chi connectivity index (χ3n) is 1.90. The molecule has 2 heteroatoms. The van der Waals surface area contributed by atoms with Crippen molar-refractivity contribution in [3.05, 3.63) is 34.9 Å². The van der Waals surface area contributed by atoms with Gasteiger partial charge in [0.25, 0.3) is 0 Å². The summed E-state index contributed by atoms with van der Waals surface area (Å²) in [6.07, 6.45) is 0. The van der Waals surface area contributed by atoms with Crippen LogP contribution < -0.4 is 5.73 Å². The Morgan fingerprint density at radius 1 is 1.50 bits per heavy atom. The van der Waals surface area contributed by atoms with E-state index in [4.69, 9.17) is 11.0 Å². The van der Waals surface area contributed by atoms with Crippen molar-refractivity contribution in [3.63, 3.8) is 0 Å². The number of nitrogens with zero attached hydrogens (tertiary/aromatic N) is 1. The van der Waals surface area contributed by atoms with E-state index in [1.165, 1.54) is 0 Å². The van der Waals surface area contributed by atoms with Crippen LogP contribution in [0.2, 0.25) is 0 Å². The molecule has 0 amide bonds. The first-order valence-electron chi connectivity index (χ1n) is 3.91. The normalized spacial score (nSPS) is 12.2. The molecule has 0 aromatic heterocycles. The predicted octanol–water partition coefficient (Wildman–Crippen LogP) is 1.89. The molecule has 1 aromatic rings. The van der Waals surface area contributed by atoms with Gasteiger partial charge in [-0.2, -0.15) is 5.26 Å². The molecule has 0 aliphatic carbocycles. The van der Waals surface area contributed by atoms with Crippen LogP contribution in [0.3, 0.4) is 0 Å². The minimum absolute atomic E-state index is 0.0384. The number of aryl methyl sites for hydroxylation is 1. The Labute approximate surface area is 72.6 Å². The highest BCUT2D eigenvalue weighted by atomic mass is 14.6. The molecule has 0 bridgehead atoms. The fraction of sp³-hybridized carbons (Fsp3) is 0.300. The highest BCUT2D eigenvalue weighted by Gasteiger charge is 2.01. The predicted molar refractivity (Wildman–Crippen MR) is 48.5 cm³/mol. The Bertz CT molecular complexity index is 321. The largest absolute Gasteiger partial charge is 0.324 e. The first-order valence-corrected chi connectivity index (χ1v) is 3.91. The number of nitrogens with two attached hydrogens (primary N) is 1. The van der Waals surface area contributed by atoms with Crippen molar-refractivity contribution in [2.24, 2.45) is 5.73 Å². The van der Waals surface area contributed by atoms with E-state index in [0.717, 1.165) is 16.7 Å². The quantitative estimate of drug-likeness (QED) is 0.682. The average Bonchev–Trinajstić information content (AvgIpc) is 2.04. The molecule has 2 nitrogen and oxygen atoms in total. The van der Waals surface area contributed by atoms with Crippen LogP contribution in [0, 0.1) is 18.3 Å². The molecular formula is C10H12N2. The lowest BCUT2D eigenvalue weighted by atomic mass is 10.0. The molecule has 12 heavy (non-hydrogen) atoms. The van der Waals surface area contributed by atoms with Crippen molar-refractivity contribution < 1.29 is 0 Å². The number of hydrogen-bond acceptors (Lipinski definition) is 2. The van der Waals surface area contributed by atoms with Crippen LogP contribution in [0.1, 0.15) is 29.7 Å². The SMILES string of the molecule is Cc1cc(C(C)N)ccc1C#N. The molecular weight excluding hydrogens is 148 g/mol. The minimum Gasteiger partial charge on any atom is -0.324 e. The molecule has 1 unspecified atom stereocenters. The van der Waals surface area contributed by atoms with Gasteiger partial charge in [0.05, 0.1) is 11.6 Å². The van der Waals surface area contributed by atoms with Gasteiger partial charge in [-0.05, 0) is 31.0 Å². The number of benzene rings is 1. The highest BCUT2D eigenvalue weighted by molar-refractivity contribution is 5.40. The lowest BCUT2D eigenvalue weighted by Crippen LogP contribution is -2.05. The van der Waals surface area contributed by atoms with E-state index in [2.05, 4.69) is 6.07 Å². The van der Waals surface area contributed by atoms with E-state index in [-0.39, 0.29) is 6.04 Å². The molecule has 0 saturated carbocycles. The summed E-state index contributed by atoms with van der Waals surface area (Å²) >= 11 is 0. The van der Waals surface area contributed by atoms with Gasteiger partial charge in [0.15, 0.2) is 0 Å². The van der Waals surface area contributed by atoms with Crippen molar-refractivity contribution in [3.8, 4) is 6.07 Å². The van der Waals surface area contributed by atoms with Crippen LogP contribution >= 0.6 is 0 Å². The zero-order valence-corrected chi connectivity index (χ0v) is 7.33. The highest BCUT2D eigenvalue weighted by Crippen LogP contribution is 2.14. The van der Waals surface area contributed by atoms with Crippen LogP contribution in [0.15, 0.2) is 18.2 Å². The molecule has 1 atom stereocenters. The first-order chi connectivity index (χ1) is 5.65. The smallest absolute Gasteiger partial charge is 0.0994 e. The fourth-order valence-corrected chi connectivity index (χ4v) is 1.10. The molecule has 2 N–H and O–H groups in total.